The molecule has 6 heteroatoms. The Labute approximate surface area is 199 Å². The fraction of sp³-hybridized carbons (Fsp3) is 0.250. The molecule has 0 aromatic heterocycles. The van der Waals surface area contributed by atoms with Gasteiger partial charge in [-0.15, -0.1) is 0 Å². The van der Waals surface area contributed by atoms with Crippen molar-refractivity contribution in [2.75, 3.05) is 11.4 Å². The lowest BCUT2D eigenvalue weighted by Crippen LogP contribution is -2.30. The molecule has 1 heterocycles. The minimum absolute atomic E-state index is 0.0475. The van der Waals surface area contributed by atoms with Crippen LogP contribution in [0.3, 0.4) is 0 Å². The van der Waals surface area contributed by atoms with Crippen molar-refractivity contribution in [1.29, 1.82) is 0 Å². The zero-order chi connectivity index (χ0) is 24.2. The molecule has 3 aromatic carbocycles. The Morgan fingerprint density at radius 1 is 0.853 bits per heavy atom. The average molecular weight is 458 g/mol. The smallest absolute Gasteiger partial charge is 0.312 e. The van der Waals surface area contributed by atoms with Gasteiger partial charge in [0.1, 0.15) is 11.5 Å². The number of ether oxygens (including phenoxy) is 2. The van der Waals surface area contributed by atoms with Crippen LogP contribution < -0.4 is 9.64 Å². The molecule has 0 saturated carbocycles. The lowest BCUT2D eigenvalue weighted by molar-refractivity contribution is -0.151. The molecule has 1 amide bonds. The fourth-order valence-electron chi connectivity index (χ4n) is 3.83. The van der Waals surface area contributed by atoms with Gasteiger partial charge in [0.25, 0.3) is 0 Å². The van der Waals surface area contributed by atoms with Crippen molar-refractivity contribution in [3.63, 3.8) is 0 Å². The number of esters is 1. The second kappa shape index (κ2) is 9.91. The Balaban J connectivity index is 1.35. The van der Waals surface area contributed by atoms with Gasteiger partial charge >= 0.3 is 5.97 Å². The van der Waals surface area contributed by atoms with Crippen LogP contribution >= 0.6 is 0 Å². The standard InChI is InChI=1S/C28H27NO5/c1-18-4-8-21(9-5-18)27(31)20(3)33-28(32)22-16-26(30)29(17-22)23-10-14-25(15-11-23)34-24-12-6-19(2)7-13-24/h4-15,20,22H,16-17H2,1-3H3/t20-,22+/m1/s1. The third-order valence-corrected chi connectivity index (χ3v) is 5.86. The highest BCUT2D eigenvalue weighted by Crippen LogP contribution is 2.29. The number of aryl methyl sites for hydroxylation is 2. The van der Waals surface area contributed by atoms with Crippen molar-refractivity contribution >= 4 is 23.3 Å². The largest absolute Gasteiger partial charge is 0.457 e. The highest BCUT2D eigenvalue weighted by molar-refractivity contribution is 6.02. The molecule has 34 heavy (non-hydrogen) atoms. The predicted molar refractivity (Wildman–Crippen MR) is 129 cm³/mol. The molecule has 4 rings (SSSR count). The maximum absolute atomic E-state index is 12.7. The van der Waals surface area contributed by atoms with E-state index in [4.69, 9.17) is 9.47 Å². The maximum atomic E-state index is 12.7. The number of nitrogens with zero attached hydrogens (tertiary/aromatic N) is 1. The fourth-order valence-corrected chi connectivity index (χ4v) is 3.83. The molecular weight excluding hydrogens is 430 g/mol. The van der Waals surface area contributed by atoms with Crippen molar-refractivity contribution < 1.29 is 23.9 Å². The predicted octanol–water partition coefficient (Wildman–Crippen LogP) is 5.26. The summed E-state index contributed by atoms with van der Waals surface area (Å²) in [6.45, 7) is 5.71. The van der Waals surface area contributed by atoms with Gasteiger partial charge in [-0.2, -0.15) is 0 Å². The van der Waals surface area contributed by atoms with E-state index in [9.17, 15) is 14.4 Å². The van der Waals surface area contributed by atoms with E-state index in [1.54, 1.807) is 48.2 Å². The number of hydrogen-bond acceptors (Lipinski definition) is 5. The van der Waals surface area contributed by atoms with E-state index in [1.807, 2.05) is 50.2 Å². The number of Topliss-reactive ketones (excluding diaryl/α,β-unsaturated/α-hetero) is 1. The molecule has 6 nitrogen and oxygen atoms in total. The van der Waals surface area contributed by atoms with Crippen LogP contribution in [0.15, 0.2) is 72.8 Å². The molecule has 2 atom stereocenters. The summed E-state index contributed by atoms with van der Waals surface area (Å²) in [5.74, 6) is -0.205. The summed E-state index contributed by atoms with van der Waals surface area (Å²) in [6, 6.07) is 22.0. The first kappa shape index (κ1) is 23.2. The molecule has 0 bridgehead atoms. The van der Waals surface area contributed by atoms with Crippen molar-refractivity contribution in [2.24, 2.45) is 5.92 Å². The van der Waals surface area contributed by atoms with Crippen molar-refractivity contribution in [2.45, 2.75) is 33.3 Å². The Morgan fingerprint density at radius 3 is 1.97 bits per heavy atom. The zero-order valence-electron chi connectivity index (χ0n) is 19.5. The summed E-state index contributed by atoms with van der Waals surface area (Å²) in [4.78, 5) is 39.4. The number of hydrogen-bond donors (Lipinski definition) is 0. The summed E-state index contributed by atoms with van der Waals surface area (Å²) in [5.41, 5.74) is 3.36. The van der Waals surface area contributed by atoms with Crippen LogP contribution in [0.2, 0.25) is 0 Å². The topological polar surface area (TPSA) is 72.9 Å². The third kappa shape index (κ3) is 5.34. The lowest BCUT2D eigenvalue weighted by atomic mass is 10.1. The van der Waals surface area contributed by atoms with Crippen LogP contribution in [0.25, 0.3) is 0 Å². The van der Waals surface area contributed by atoms with Crippen molar-refractivity contribution in [3.05, 3.63) is 89.5 Å². The number of anilines is 1. The van der Waals surface area contributed by atoms with Gasteiger partial charge in [0.2, 0.25) is 11.7 Å². The SMILES string of the molecule is Cc1ccc(Oc2ccc(N3C[C@@H](C(=O)O[C@H](C)C(=O)c4ccc(C)cc4)CC3=O)cc2)cc1. The van der Waals surface area contributed by atoms with Crippen LogP contribution in [0.1, 0.15) is 34.8 Å². The Kier molecular flexibility index (Phi) is 6.77. The van der Waals surface area contributed by atoms with Crippen molar-refractivity contribution in [3.8, 4) is 11.5 Å². The van der Waals surface area contributed by atoms with Gasteiger partial charge in [0.15, 0.2) is 6.10 Å². The van der Waals surface area contributed by atoms with E-state index in [-0.39, 0.29) is 24.7 Å². The van der Waals surface area contributed by atoms with Gasteiger partial charge in [0, 0.05) is 24.2 Å². The summed E-state index contributed by atoms with van der Waals surface area (Å²) in [7, 11) is 0. The first-order valence-electron chi connectivity index (χ1n) is 11.3. The van der Waals surface area contributed by atoms with E-state index >= 15 is 0 Å². The van der Waals surface area contributed by atoms with E-state index in [0.717, 1.165) is 16.9 Å². The first-order valence-corrected chi connectivity index (χ1v) is 11.3. The second-order valence-corrected chi connectivity index (χ2v) is 8.62. The van der Waals surface area contributed by atoms with Crippen LogP contribution in [0.4, 0.5) is 5.69 Å². The molecule has 0 aliphatic carbocycles. The minimum atomic E-state index is -0.919. The Morgan fingerprint density at radius 2 is 1.38 bits per heavy atom. The lowest BCUT2D eigenvalue weighted by Gasteiger charge is -2.18. The summed E-state index contributed by atoms with van der Waals surface area (Å²) in [5, 5.41) is 0. The molecule has 1 aliphatic heterocycles. The van der Waals surface area contributed by atoms with Crippen LogP contribution in [0, 0.1) is 19.8 Å². The Hall–Kier alpha value is -3.93. The highest BCUT2D eigenvalue weighted by atomic mass is 16.5. The van der Waals surface area contributed by atoms with E-state index in [0.29, 0.717) is 17.0 Å². The molecule has 1 fully saturated rings. The number of benzene rings is 3. The summed E-state index contributed by atoms with van der Waals surface area (Å²) < 4.78 is 11.3. The maximum Gasteiger partial charge on any atom is 0.312 e. The summed E-state index contributed by atoms with van der Waals surface area (Å²) in [6.07, 6.45) is -0.871. The molecule has 0 unspecified atom stereocenters. The van der Waals surface area contributed by atoms with Gasteiger partial charge in [0.05, 0.1) is 5.92 Å². The quantitative estimate of drug-likeness (QED) is 0.357. The molecule has 0 N–H and O–H groups in total. The van der Waals surface area contributed by atoms with Gasteiger partial charge in [-0.3, -0.25) is 14.4 Å². The highest BCUT2D eigenvalue weighted by Gasteiger charge is 2.37. The van der Waals surface area contributed by atoms with Crippen LogP contribution in [0.5, 0.6) is 11.5 Å². The van der Waals surface area contributed by atoms with Gasteiger partial charge in [-0.05, 0) is 57.2 Å². The van der Waals surface area contributed by atoms with E-state index in [1.165, 1.54) is 0 Å². The molecule has 1 aliphatic rings. The second-order valence-electron chi connectivity index (χ2n) is 8.62. The van der Waals surface area contributed by atoms with Crippen LogP contribution in [-0.2, 0) is 14.3 Å². The Bertz CT molecular complexity index is 1180. The number of carbonyl (C=O) groups excluding carboxylic acids is 3. The molecule has 1 saturated heterocycles. The summed E-state index contributed by atoms with van der Waals surface area (Å²) >= 11 is 0. The zero-order valence-corrected chi connectivity index (χ0v) is 19.5. The number of carbonyl (C=O) groups is 3. The first-order chi connectivity index (χ1) is 16.3. The van der Waals surface area contributed by atoms with Gasteiger partial charge in [-0.1, -0.05) is 47.5 Å². The monoisotopic (exact) mass is 457 g/mol. The van der Waals surface area contributed by atoms with Gasteiger partial charge < -0.3 is 14.4 Å². The van der Waals surface area contributed by atoms with Crippen molar-refractivity contribution in [1.82, 2.24) is 0 Å². The van der Waals surface area contributed by atoms with Gasteiger partial charge in [-0.25, -0.2) is 0 Å². The van der Waals surface area contributed by atoms with Crippen LogP contribution in [-0.4, -0.2) is 30.3 Å². The van der Waals surface area contributed by atoms with E-state index < -0.39 is 18.0 Å². The third-order valence-electron chi connectivity index (χ3n) is 5.86. The number of ketones is 1. The number of amides is 1. The number of rotatable bonds is 7. The average Bonchev–Trinajstić information content (AvgIpc) is 3.23. The molecule has 3 aromatic rings. The normalized spacial score (nSPS) is 16.3. The molecule has 0 spiro atoms. The molecule has 174 valence electrons. The minimum Gasteiger partial charge on any atom is -0.457 e. The van der Waals surface area contributed by atoms with E-state index in [2.05, 4.69) is 0 Å². The molecular formula is C28H27NO5. The molecule has 0 radical (unpaired) electrons.